The number of nitrogens with one attached hydrogen (secondary N) is 2. The quantitative estimate of drug-likeness (QED) is 0.844. The van der Waals surface area contributed by atoms with Crippen molar-refractivity contribution in [3.63, 3.8) is 0 Å². The molecule has 0 fully saturated rings. The van der Waals surface area contributed by atoms with Crippen LogP contribution < -0.4 is 14.8 Å². The number of ether oxygens (including phenoxy) is 1. The third kappa shape index (κ3) is 3.45. The second-order valence-electron chi connectivity index (χ2n) is 4.08. The van der Waals surface area contributed by atoms with Crippen molar-refractivity contribution in [2.45, 2.75) is 4.90 Å². The predicted octanol–water partition coefficient (Wildman–Crippen LogP) is 2.70. The van der Waals surface area contributed by atoms with E-state index < -0.39 is 10.0 Å². The van der Waals surface area contributed by atoms with E-state index in [-0.39, 0.29) is 4.90 Å². The van der Waals surface area contributed by atoms with Crippen molar-refractivity contribution in [1.29, 1.82) is 0 Å². The molecular weight excluding hydrogens is 358 g/mol. The van der Waals surface area contributed by atoms with Crippen LogP contribution in [0.15, 0.2) is 46.0 Å². The molecule has 21 heavy (non-hydrogen) atoms. The zero-order valence-corrected chi connectivity index (χ0v) is 13.8. The molecule has 1 heterocycles. The van der Waals surface area contributed by atoms with Gasteiger partial charge in [0.2, 0.25) is 0 Å². The van der Waals surface area contributed by atoms with E-state index in [4.69, 9.17) is 4.74 Å². The molecule has 0 saturated carbocycles. The van der Waals surface area contributed by atoms with Crippen LogP contribution in [0.4, 0.5) is 11.4 Å². The highest BCUT2D eigenvalue weighted by molar-refractivity contribution is 9.10. The molecular formula is C13H14BrN3O3S. The van der Waals surface area contributed by atoms with Gasteiger partial charge in [-0.15, -0.1) is 0 Å². The largest absolute Gasteiger partial charge is 0.495 e. The number of sulfonamides is 1. The Morgan fingerprint density at radius 3 is 2.71 bits per heavy atom. The Morgan fingerprint density at radius 2 is 2.05 bits per heavy atom. The smallest absolute Gasteiger partial charge is 0.265 e. The summed E-state index contributed by atoms with van der Waals surface area (Å²) in [5.41, 5.74) is 0.877. The van der Waals surface area contributed by atoms with Gasteiger partial charge in [0, 0.05) is 25.5 Å². The Bertz CT molecular complexity index is 750. The van der Waals surface area contributed by atoms with Crippen molar-refractivity contribution >= 4 is 37.3 Å². The van der Waals surface area contributed by atoms with Crippen molar-refractivity contribution < 1.29 is 13.2 Å². The van der Waals surface area contributed by atoms with Crippen molar-refractivity contribution in [3.05, 3.63) is 41.1 Å². The highest BCUT2D eigenvalue weighted by atomic mass is 79.9. The summed E-state index contributed by atoms with van der Waals surface area (Å²) in [7, 11) is -0.577. The van der Waals surface area contributed by atoms with Crippen LogP contribution in [-0.2, 0) is 10.0 Å². The number of methoxy groups -OCH3 is 1. The SMILES string of the molecule is CNc1ccncc1S(=O)(=O)Nc1ccc(Br)c(OC)c1. The predicted molar refractivity (Wildman–Crippen MR) is 85.3 cm³/mol. The van der Waals surface area contributed by atoms with Gasteiger partial charge in [0.15, 0.2) is 0 Å². The maximum Gasteiger partial charge on any atom is 0.265 e. The summed E-state index contributed by atoms with van der Waals surface area (Å²) >= 11 is 3.32. The fraction of sp³-hybridized carbons (Fsp3) is 0.154. The number of hydrogen-bond donors (Lipinski definition) is 2. The van der Waals surface area contributed by atoms with Crippen LogP contribution in [0.2, 0.25) is 0 Å². The molecule has 0 saturated heterocycles. The Kier molecular flexibility index (Phi) is 4.69. The number of benzene rings is 1. The van der Waals surface area contributed by atoms with E-state index in [1.54, 1.807) is 31.3 Å². The molecule has 0 amide bonds. The van der Waals surface area contributed by atoms with Crippen molar-refractivity contribution in [2.24, 2.45) is 0 Å². The van der Waals surface area contributed by atoms with Gasteiger partial charge in [-0.05, 0) is 34.1 Å². The molecule has 0 unspecified atom stereocenters. The fourth-order valence-corrected chi connectivity index (χ4v) is 3.35. The lowest BCUT2D eigenvalue weighted by atomic mass is 10.3. The zero-order chi connectivity index (χ0) is 15.5. The first-order valence-electron chi connectivity index (χ1n) is 5.96. The van der Waals surface area contributed by atoms with Crippen LogP contribution in [0.5, 0.6) is 5.75 Å². The van der Waals surface area contributed by atoms with Gasteiger partial charge in [0.25, 0.3) is 10.0 Å². The molecule has 0 spiro atoms. The molecule has 0 atom stereocenters. The number of hydrogen-bond acceptors (Lipinski definition) is 5. The van der Waals surface area contributed by atoms with E-state index in [2.05, 4.69) is 31.0 Å². The minimum Gasteiger partial charge on any atom is -0.495 e. The highest BCUT2D eigenvalue weighted by Crippen LogP contribution is 2.29. The summed E-state index contributed by atoms with van der Waals surface area (Å²) in [5.74, 6) is 0.537. The molecule has 112 valence electrons. The lowest BCUT2D eigenvalue weighted by Gasteiger charge is -2.12. The van der Waals surface area contributed by atoms with Crippen LogP contribution in [0.25, 0.3) is 0 Å². The van der Waals surface area contributed by atoms with Crippen LogP contribution in [0.3, 0.4) is 0 Å². The summed E-state index contributed by atoms with van der Waals surface area (Å²) in [6, 6.07) is 6.53. The minimum atomic E-state index is -3.74. The average Bonchev–Trinajstić information content (AvgIpc) is 2.49. The van der Waals surface area contributed by atoms with Gasteiger partial charge in [0.05, 0.1) is 23.0 Å². The second kappa shape index (κ2) is 6.31. The van der Waals surface area contributed by atoms with Crippen LogP contribution >= 0.6 is 15.9 Å². The molecule has 0 bridgehead atoms. The molecule has 1 aromatic heterocycles. The van der Waals surface area contributed by atoms with E-state index in [0.29, 0.717) is 17.1 Å². The van der Waals surface area contributed by atoms with Gasteiger partial charge >= 0.3 is 0 Å². The van der Waals surface area contributed by atoms with E-state index in [1.165, 1.54) is 19.5 Å². The van der Waals surface area contributed by atoms with Gasteiger partial charge in [-0.25, -0.2) is 8.42 Å². The topological polar surface area (TPSA) is 80.3 Å². The molecule has 2 aromatic rings. The minimum absolute atomic E-state index is 0.0781. The number of anilines is 2. The summed E-state index contributed by atoms with van der Waals surface area (Å²) < 4.78 is 33.2. The number of nitrogens with zero attached hydrogens (tertiary/aromatic N) is 1. The van der Waals surface area contributed by atoms with Crippen molar-refractivity contribution in [3.8, 4) is 5.75 Å². The average molecular weight is 372 g/mol. The lowest BCUT2D eigenvalue weighted by Crippen LogP contribution is -2.15. The number of halogens is 1. The van der Waals surface area contributed by atoms with Gasteiger partial charge in [0.1, 0.15) is 10.6 Å². The number of aromatic nitrogens is 1. The van der Waals surface area contributed by atoms with Gasteiger partial charge < -0.3 is 10.1 Å². The third-order valence-electron chi connectivity index (χ3n) is 2.75. The van der Waals surface area contributed by atoms with Gasteiger partial charge in [-0.1, -0.05) is 0 Å². The fourth-order valence-electron chi connectivity index (χ4n) is 1.73. The lowest BCUT2D eigenvalue weighted by molar-refractivity contribution is 0.412. The molecule has 2 rings (SSSR count). The van der Waals surface area contributed by atoms with Gasteiger partial charge in [-0.3, -0.25) is 9.71 Å². The van der Waals surface area contributed by atoms with E-state index in [9.17, 15) is 8.42 Å². The van der Waals surface area contributed by atoms with Crippen molar-refractivity contribution in [2.75, 3.05) is 24.2 Å². The van der Waals surface area contributed by atoms with Gasteiger partial charge in [-0.2, -0.15) is 0 Å². The Labute approximate surface area is 131 Å². The molecule has 0 radical (unpaired) electrons. The molecule has 0 aliphatic heterocycles. The molecule has 1 aromatic carbocycles. The highest BCUT2D eigenvalue weighted by Gasteiger charge is 2.19. The summed E-state index contributed by atoms with van der Waals surface area (Å²) in [6.45, 7) is 0. The van der Waals surface area contributed by atoms with Crippen LogP contribution in [-0.4, -0.2) is 27.6 Å². The third-order valence-corrected chi connectivity index (χ3v) is 4.81. The van der Waals surface area contributed by atoms with E-state index in [1.807, 2.05) is 0 Å². The maximum atomic E-state index is 12.4. The van der Waals surface area contributed by atoms with Crippen molar-refractivity contribution in [1.82, 2.24) is 4.98 Å². The monoisotopic (exact) mass is 371 g/mol. The summed E-state index contributed by atoms with van der Waals surface area (Å²) in [6.07, 6.45) is 2.82. The first kappa shape index (κ1) is 15.6. The van der Waals surface area contributed by atoms with Crippen LogP contribution in [0, 0.1) is 0 Å². The molecule has 0 aliphatic carbocycles. The number of pyridine rings is 1. The Balaban J connectivity index is 2.37. The molecule has 8 heteroatoms. The Morgan fingerprint density at radius 1 is 1.29 bits per heavy atom. The number of rotatable bonds is 5. The van der Waals surface area contributed by atoms with E-state index >= 15 is 0 Å². The summed E-state index contributed by atoms with van der Waals surface area (Å²) in [4.78, 5) is 3.94. The molecule has 6 nitrogen and oxygen atoms in total. The first-order valence-corrected chi connectivity index (χ1v) is 8.23. The second-order valence-corrected chi connectivity index (χ2v) is 6.58. The normalized spacial score (nSPS) is 11.0. The summed E-state index contributed by atoms with van der Waals surface area (Å²) in [5, 5.41) is 2.83. The molecule has 0 aliphatic rings. The zero-order valence-electron chi connectivity index (χ0n) is 11.4. The first-order chi connectivity index (χ1) is 9.97. The standard InChI is InChI=1S/C13H14BrN3O3S/c1-15-11-5-6-16-8-13(11)21(18,19)17-9-3-4-10(14)12(7-9)20-2/h3-8,17H,1-2H3,(H,15,16). The van der Waals surface area contributed by atoms with Crippen LogP contribution in [0.1, 0.15) is 0 Å². The van der Waals surface area contributed by atoms with E-state index in [0.717, 1.165) is 4.47 Å². The Hall–Kier alpha value is -1.80. The maximum absolute atomic E-state index is 12.4. The molecule has 2 N–H and O–H groups in total.